The van der Waals surface area contributed by atoms with Crippen molar-refractivity contribution in [3.8, 4) is 0 Å². The van der Waals surface area contributed by atoms with Crippen LogP contribution in [0.5, 0.6) is 0 Å². The van der Waals surface area contributed by atoms with Crippen molar-refractivity contribution in [1.29, 1.82) is 0 Å². The molecule has 0 unspecified atom stereocenters. The van der Waals surface area contributed by atoms with Gasteiger partial charge in [0.2, 0.25) is 0 Å². The van der Waals surface area contributed by atoms with E-state index in [1.807, 2.05) is 20.0 Å². The van der Waals surface area contributed by atoms with Gasteiger partial charge in [0.25, 0.3) is 0 Å². The molecule has 0 aliphatic carbocycles. The van der Waals surface area contributed by atoms with Crippen LogP contribution in [-0.4, -0.2) is 56.3 Å². The van der Waals surface area contributed by atoms with Gasteiger partial charge in [0.1, 0.15) is 0 Å². The molecule has 1 rings (SSSR count). The van der Waals surface area contributed by atoms with E-state index < -0.39 is 0 Å². The summed E-state index contributed by atoms with van der Waals surface area (Å²) in [6.07, 6.45) is 3.88. The molecule has 0 fully saturated rings. The Labute approximate surface area is 153 Å². The summed E-state index contributed by atoms with van der Waals surface area (Å²) >= 11 is 0. The molecule has 0 aromatic carbocycles. The van der Waals surface area contributed by atoms with Crippen LogP contribution in [0.3, 0.4) is 0 Å². The average Bonchev–Trinajstić information content (AvgIpc) is 2.53. The third-order valence-electron chi connectivity index (χ3n) is 3.37. The highest BCUT2D eigenvalue weighted by Gasteiger charge is 2.09. The molecular weight excluding hydrogens is 318 g/mol. The Hall–Kier alpha value is -1.01. The van der Waals surface area contributed by atoms with Gasteiger partial charge in [0, 0.05) is 18.3 Å². The Bertz CT molecular complexity index is 440. The second kappa shape index (κ2) is 12.4. The van der Waals surface area contributed by atoms with Crippen molar-refractivity contribution in [3.05, 3.63) is 29.6 Å². The molecule has 1 aromatic heterocycles. The Morgan fingerprint density at radius 3 is 2.16 bits per heavy atom. The Kier molecular flexibility index (Phi) is 10.9. The maximum atomic E-state index is 5.72. The molecule has 0 saturated heterocycles. The molecule has 0 saturated carbocycles. The summed E-state index contributed by atoms with van der Waals surface area (Å²) in [5.74, 6) is 0. The molecule has 0 spiro atoms. The van der Waals surface area contributed by atoms with Crippen LogP contribution in [-0.2, 0) is 31.8 Å². The highest BCUT2D eigenvalue weighted by Crippen LogP contribution is 2.08. The third-order valence-corrected chi connectivity index (χ3v) is 3.37. The standard InChI is InChI=1S/C20H35NO4/c1-17(2)24-15-14-23-13-12-22-10-8-18-6-7-19(21-16-18)9-11-25-20(3,4)5/h6-7,16-17H,8-15H2,1-5H3. The lowest BCUT2D eigenvalue weighted by atomic mass is 10.1. The van der Waals surface area contributed by atoms with E-state index in [-0.39, 0.29) is 11.7 Å². The molecule has 0 amide bonds. The van der Waals surface area contributed by atoms with E-state index in [0.717, 1.165) is 18.5 Å². The monoisotopic (exact) mass is 353 g/mol. The van der Waals surface area contributed by atoms with Gasteiger partial charge in [-0.25, -0.2) is 0 Å². The Morgan fingerprint density at radius 1 is 0.880 bits per heavy atom. The number of hydrogen-bond donors (Lipinski definition) is 0. The van der Waals surface area contributed by atoms with E-state index in [9.17, 15) is 0 Å². The quantitative estimate of drug-likeness (QED) is 0.509. The fourth-order valence-corrected chi connectivity index (χ4v) is 2.07. The number of aromatic nitrogens is 1. The van der Waals surface area contributed by atoms with Crippen LogP contribution in [0.4, 0.5) is 0 Å². The van der Waals surface area contributed by atoms with Gasteiger partial charge in [-0.05, 0) is 52.7 Å². The van der Waals surface area contributed by atoms with Crippen molar-refractivity contribution in [2.45, 2.75) is 59.2 Å². The first-order chi connectivity index (χ1) is 11.9. The minimum absolute atomic E-state index is 0.0948. The van der Waals surface area contributed by atoms with Crippen molar-refractivity contribution in [1.82, 2.24) is 4.98 Å². The van der Waals surface area contributed by atoms with Crippen molar-refractivity contribution in [3.63, 3.8) is 0 Å². The normalized spacial score (nSPS) is 12.1. The molecule has 0 radical (unpaired) electrons. The zero-order valence-electron chi connectivity index (χ0n) is 16.5. The summed E-state index contributed by atoms with van der Waals surface area (Å²) < 4.78 is 22.1. The highest BCUT2D eigenvalue weighted by molar-refractivity contribution is 5.14. The van der Waals surface area contributed by atoms with E-state index >= 15 is 0 Å². The molecular formula is C20H35NO4. The van der Waals surface area contributed by atoms with Gasteiger partial charge in [-0.2, -0.15) is 0 Å². The number of hydrogen-bond acceptors (Lipinski definition) is 5. The SMILES string of the molecule is CC(C)OCCOCCOCCc1ccc(CCOC(C)(C)C)nc1. The van der Waals surface area contributed by atoms with Crippen molar-refractivity contribution in [2.75, 3.05) is 39.6 Å². The number of pyridine rings is 1. The minimum Gasteiger partial charge on any atom is -0.379 e. The molecule has 1 aromatic rings. The van der Waals surface area contributed by atoms with Gasteiger partial charge in [0.15, 0.2) is 0 Å². The summed E-state index contributed by atoms with van der Waals surface area (Å²) in [6.45, 7) is 14.1. The van der Waals surface area contributed by atoms with Crippen LogP contribution in [0.2, 0.25) is 0 Å². The predicted molar refractivity (Wildman–Crippen MR) is 100 cm³/mol. The fraction of sp³-hybridized carbons (Fsp3) is 0.750. The van der Waals surface area contributed by atoms with Crippen LogP contribution in [0.1, 0.15) is 45.9 Å². The molecule has 0 aliphatic heterocycles. The van der Waals surface area contributed by atoms with Crippen molar-refractivity contribution >= 4 is 0 Å². The molecule has 0 N–H and O–H groups in total. The minimum atomic E-state index is -0.0948. The maximum absolute atomic E-state index is 5.72. The van der Waals surface area contributed by atoms with Gasteiger partial charge < -0.3 is 18.9 Å². The lowest BCUT2D eigenvalue weighted by Crippen LogP contribution is -2.20. The summed E-state index contributed by atoms with van der Waals surface area (Å²) in [7, 11) is 0. The molecule has 0 aliphatic rings. The van der Waals surface area contributed by atoms with Crippen LogP contribution >= 0.6 is 0 Å². The Balaban J connectivity index is 2.04. The number of ether oxygens (including phenoxy) is 4. The second-order valence-corrected chi connectivity index (χ2v) is 7.26. The van der Waals surface area contributed by atoms with Crippen LogP contribution in [0.25, 0.3) is 0 Å². The zero-order valence-corrected chi connectivity index (χ0v) is 16.5. The third kappa shape index (κ3) is 12.9. The van der Waals surface area contributed by atoms with Gasteiger partial charge in [-0.3, -0.25) is 4.98 Å². The summed E-state index contributed by atoms with van der Waals surface area (Å²) in [6, 6.07) is 4.18. The van der Waals surface area contributed by atoms with Gasteiger partial charge in [-0.15, -0.1) is 0 Å². The van der Waals surface area contributed by atoms with Gasteiger partial charge >= 0.3 is 0 Å². The van der Waals surface area contributed by atoms with Crippen LogP contribution < -0.4 is 0 Å². The van der Waals surface area contributed by atoms with Crippen molar-refractivity contribution in [2.24, 2.45) is 0 Å². The van der Waals surface area contributed by atoms with E-state index in [0.29, 0.717) is 39.6 Å². The smallest absolute Gasteiger partial charge is 0.0703 e. The van der Waals surface area contributed by atoms with Crippen molar-refractivity contribution < 1.29 is 18.9 Å². The molecule has 144 valence electrons. The molecule has 1 heterocycles. The first-order valence-corrected chi connectivity index (χ1v) is 9.21. The first-order valence-electron chi connectivity index (χ1n) is 9.21. The van der Waals surface area contributed by atoms with Gasteiger partial charge in [0.05, 0.1) is 51.3 Å². The van der Waals surface area contributed by atoms with E-state index in [1.54, 1.807) is 0 Å². The lowest BCUT2D eigenvalue weighted by molar-refractivity contribution is -0.00148. The van der Waals surface area contributed by atoms with E-state index in [1.165, 1.54) is 5.56 Å². The fourth-order valence-electron chi connectivity index (χ4n) is 2.07. The number of rotatable bonds is 13. The summed E-state index contributed by atoms with van der Waals surface area (Å²) in [5, 5.41) is 0. The molecule has 5 nitrogen and oxygen atoms in total. The number of nitrogens with zero attached hydrogens (tertiary/aromatic N) is 1. The lowest BCUT2D eigenvalue weighted by Gasteiger charge is -2.19. The average molecular weight is 354 g/mol. The molecule has 0 bridgehead atoms. The predicted octanol–water partition coefficient (Wildman–Crippen LogP) is 3.44. The molecule has 5 heteroatoms. The Morgan fingerprint density at radius 2 is 1.56 bits per heavy atom. The van der Waals surface area contributed by atoms with Crippen LogP contribution in [0, 0.1) is 0 Å². The van der Waals surface area contributed by atoms with E-state index in [4.69, 9.17) is 18.9 Å². The first kappa shape index (κ1) is 22.0. The topological polar surface area (TPSA) is 49.8 Å². The highest BCUT2D eigenvalue weighted by atomic mass is 16.5. The molecule has 0 atom stereocenters. The summed E-state index contributed by atoms with van der Waals surface area (Å²) in [5.41, 5.74) is 2.15. The second-order valence-electron chi connectivity index (χ2n) is 7.26. The van der Waals surface area contributed by atoms with Gasteiger partial charge in [-0.1, -0.05) is 6.07 Å². The molecule has 25 heavy (non-hydrogen) atoms. The zero-order chi connectivity index (χ0) is 18.5. The summed E-state index contributed by atoms with van der Waals surface area (Å²) in [4.78, 5) is 4.49. The van der Waals surface area contributed by atoms with Crippen LogP contribution in [0.15, 0.2) is 18.3 Å². The maximum Gasteiger partial charge on any atom is 0.0703 e. The van der Waals surface area contributed by atoms with E-state index in [2.05, 4.69) is 37.9 Å². The largest absolute Gasteiger partial charge is 0.379 e.